The largest absolute Gasteiger partial charge is 0.493 e. The van der Waals surface area contributed by atoms with Crippen LogP contribution in [0.4, 0.5) is 17.1 Å². The van der Waals surface area contributed by atoms with Gasteiger partial charge < -0.3 is 10.4 Å². The van der Waals surface area contributed by atoms with Crippen molar-refractivity contribution < 1.29 is 14.8 Å². The number of nitro benzene ring substituents is 1. The summed E-state index contributed by atoms with van der Waals surface area (Å²) in [5.74, 6) is -0.151. The first-order valence-corrected chi connectivity index (χ1v) is 11.0. The molecular formula is C22H18N4O4S2. The molecule has 0 spiro atoms. The van der Waals surface area contributed by atoms with E-state index < -0.39 is 4.92 Å². The van der Waals surface area contributed by atoms with Crippen LogP contribution in [-0.2, 0) is 11.3 Å². The summed E-state index contributed by atoms with van der Waals surface area (Å²) < 4.78 is 2.14. The second-order valence-corrected chi connectivity index (χ2v) is 8.71. The number of aromatic nitrogens is 1. The van der Waals surface area contributed by atoms with E-state index in [1.807, 2.05) is 30.3 Å². The number of anilines is 1. The molecule has 1 amide bonds. The van der Waals surface area contributed by atoms with E-state index in [0.29, 0.717) is 27.5 Å². The topological polar surface area (TPSA) is 110 Å². The van der Waals surface area contributed by atoms with Crippen molar-refractivity contribution in [1.82, 2.24) is 4.57 Å². The van der Waals surface area contributed by atoms with E-state index in [1.54, 1.807) is 10.8 Å². The monoisotopic (exact) mass is 466 g/mol. The molecule has 0 saturated heterocycles. The Morgan fingerprint density at radius 3 is 2.75 bits per heavy atom. The Kier molecular flexibility index (Phi) is 6.24. The molecule has 3 aromatic rings. The molecule has 4 rings (SSSR count). The molecule has 10 heteroatoms. The summed E-state index contributed by atoms with van der Waals surface area (Å²) in [5.41, 5.74) is 3.24. The number of para-hydroxylation sites is 1. The number of benzene rings is 2. The third-order valence-corrected chi connectivity index (χ3v) is 6.27. The first-order valence-electron chi connectivity index (χ1n) is 9.74. The molecule has 2 aromatic carbocycles. The van der Waals surface area contributed by atoms with Crippen molar-refractivity contribution in [2.45, 2.75) is 19.4 Å². The van der Waals surface area contributed by atoms with Crippen LogP contribution < -0.4 is 5.32 Å². The Labute approximate surface area is 192 Å². The van der Waals surface area contributed by atoms with Crippen LogP contribution >= 0.6 is 23.6 Å². The number of aromatic hydroxyl groups is 1. The predicted molar refractivity (Wildman–Crippen MR) is 128 cm³/mol. The summed E-state index contributed by atoms with van der Waals surface area (Å²) in [6, 6.07) is 13.4. The van der Waals surface area contributed by atoms with Gasteiger partial charge in [-0.15, -0.1) is 11.3 Å². The minimum atomic E-state index is -0.495. The third kappa shape index (κ3) is 4.66. The van der Waals surface area contributed by atoms with Crippen LogP contribution in [0.15, 0.2) is 53.5 Å². The number of hydrogen-bond acceptors (Lipinski definition) is 7. The zero-order valence-electron chi connectivity index (χ0n) is 16.7. The maximum absolute atomic E-state index is 12.2. The van der Waals surface area contributed by atoms with Crippen LogP contribution in [0.25, 0.3) is 11.6 Å². The second-order valence-electron chi connectivity index (χ2n) is 7.04. The van der Waals surface area contributed by atoms with Gasteiger partial charge in [-0.2, -0.15) is 0 Å². The van der Waals surface area contributed by atoms with Crippen molar-refractivity contribution in [2.24, 2.45) is 4.99 Å². The van der Waals surface area contributed by atoms with E-state index >= 15 is 0 Å². The van der Waals surface area contributed by atoms with Gasteiger partial charge in [0, 0.05) is 48.1 Å². The fourth-order valence-electron chi connectivity index (χ4n) is 3.29. The number of aliphatic imine (C=N–C) groups is 1. The lowest BCUT2D eigenvalue weighted by Crippen LogP contribution is -2.12. The van der Waals surface area contributed by atoms with Crippen molar-refractivity contribution in [3.8, 4) is 5.88 Å². The number of thiazole rings is 1. The summed E-state index contributed by atoms with van der Waals surface area (Å²) in [7, 11) is 0. The van der Waals surface area contributed by atoms with Crippen LogP contribution in [0.2, 0.25) is 0 Å². The van der Waals surface area contributed by atoms with Gasteiger partial charge in [-0.05, 0) is 42.9 Å². The average Bonchev–Trinajstić information content (AvgIpc) is 3.30. The molecule has 0 aliphatic carbocycles. The molecule has 0 bridgehead atoms. The summed E-state index contributed by atoms with van der Waals surface area (Å²) in [6.45, 7) is 0.392. The van der Waals surface area contributed by atoms with Crippen molar-refractivity contribution in [1.29, 1.82) is 0 Å². The van der Waals surface area contributed by atoms with Crippen molar-refractivity contribution in [3.63, 3.8) is 0 Å². The normalized spacial score (nSPS) is 13.3. The Balaban J connectivity index is 1.37. The molecule has 0 radical (unpaired) electrons. The van der Waals surface area contributed by atoms with Crippen molar-refractivity contribution in [2.75, 3.05) is 5.32 Å². The van der Waals surface area contributed by atoms with Gasteiger partial charge in [0.25, 0.3) is 5.69 Å². The zero-order chi connectivity index (χ0) is 22.7. The number of hydrogen-bond donors (Lipinski definition) is 2. The number of carbonyl (C=O) groups is 1. The highest BCUT2D eigenvalue weighted by Gasteiger charge is 2.15. The number of nitrogens with one attached hydrogen (secondary N) is 1. The number of rotatable bonds is 7. The maximum Gasteiger partial charge on any atom is 0.269 e. The number of nitro groups is 1. The molecule has 162 valence electrons. The lowest BCUT2D eigenvalue weighted by molar-refractivity contribution is -0.384. The van der Waals surface area contributed by atoms with Gasteiger partial charge in [0.1, 0.15) is 0 Å². The number of fused-ring (bicyclic) bond motifs is 1. The molecule has 0 unspecified atom stereocenters. The number of carbonyl (C=O) groups excluding carboxylic acids is 1. The molecular weight excluding hydrogens is 448 g/mol. The van der Waals surface area contributed by atoms with Gasteiger partial charge in [0.15, 0.2) is 3.95 Å². The first kappa shape index (κ1) is 21.6. The van der Waals surface area contributed by atoms with Gasteiger partial charge in [0.05, 0.1) is 15.5 Å². The average molecular weight is 467 g/mol. The fraction of sp³-hybridized carbons (Fsp3) is 0.136. The molecule has 0 atom stereocenters. The van der Waals surface area contributed by atoms with E-state index in [4.69, 9.17) is 12.2 Å². The lowest BCUT2D eigenvalue weighted by atomic mass is 10.1. The van der Waals surface area contributed by atoms with Crippen LogP contribution in [0, 0.1) is 14.1 Å². The lowest BCUT2D eigenvalue weighted by Gasteiger charge is -2.07. The van der Waals surface area contributed by atoms with Gasteiger partial charge in [-0.1, -0.05) is 18.2 Å². The Morgan fingerprint density at radius 1 is 1.25 bits per heavy atom. The SMILES string of the molecule is O=C(CCCn1c(O)c(/C=C2\C=Nc3ccccc32)sc1=S)Nc1ccc([N+](=O)[O-])cc1. The molecule has 1 aromatic heterocycles. The first-order chi connectivity index (χ1) is 15.4. The van der Waals surface area contributed by atoms with E-state index in [2.05, 4.69) is 10.3 Å². The molecule has 0 fully saturated rings. The smallest absolute Gasteiger partial charge is 0.269 e. The van der Waals surface area contributed by atoms with Gasteiger partial charge in [-0.3, -0.25) is 24.5 Å². The highest BCUT2D eigenvalue weighted by molar-refractivity contribution is 7.73. The molecule has 32 heavy (non-hydrogen) atoms. The Hall–Kier alpha value is -3.63. The molecule has 0 saturated carbocycles. The molecule has 1 aliphatic rings. The third-order valence-electron chi connectivity index (χ3n) is 4.89. The van der Waals surface area contributed by atoms with Crippen LogP contribution in [0.1, 0.15) is 23.3 Å². The molecule has 8 nitrogen and oxygen atoms in total. The quantitative estimate of drug-likeness (QED) is 0.269. The summed E-state index contributed by atoms with van der Waals surface area (Å²) in [4.78, 5) is 27.4. The number of allylic oxidation sites excluding steroid dienone is 1. The van der Waals surface area contributed by atoms with Gasteiger partial charge in [0.2, 0.25) is 11.8 Å². The number of non-ortho nitro benzene ring substituents is 1. The van der Waals surface area contributed by atoms with E-state index in [1.165, 1.54) is 35.6 Å². The van der Waals surface area contributed by atoms with Gasteiger partial charge >= 0.3 is 0 Å². The fourth-order valence-corrected chi connectivity index (χ4v) is 4.60. The highest BCUT2D eigenvalue weighted by Crippen LogP contribution is 2.35. The minimum Gasteiger partial charge on any atom is -0.493 e. The Bertz CT molecular complexity index is 1310. The number of amides is 1. The van der Waals surface area contributed by atoms with Crippen LogP contribution in [0.5, 0.6) is 5.88 Å². The zero-order valence-corrected chi connectivity index (χ0v) is 18.4. The number of nitrogens with zero attached hydrogens (tertiary/aromatic N) is 3. The summed E-state index contributed by atoms with van der Waals surface area (Å²) >= 11 is 6.70. The summed E-state index contributed by atoms with van der Waals surface area (Å²) in [5, 5.41) is 24.1. The van der Waals surface area contributed by atoms with E-state index in [0.717, 1.165) is 16.8 Å². The Morgan fingerprint density at radius 2 is 2.00 bits per heavy atom. The molecule has 2 N–H and O–H groups in total. The molecule has 2 heterocycles. The van der Waals surface area contributed by atoms with E-state index in [9.17, 15) is 20.0 Å². The predicted octanol–water partition coefficient (Wildman–Crippen LogP) is 5.57. The van der Waals surface area contributed by atoms with Gasteiger partial charge in [-0.25, -0.2) is 0 Å². The standard InChI is InChI=1S/C22H18N4O4S2/c27-20(24-15-7-9-16(10-8-15)26(29)30)6-3-11-25-21(28)19(32-22(25)31)12-14-13-23-18-5-2-1-4-17(14)18/h1-2,4-5,7-10,12-13,28H,3,6,11H2,(H,24,27)/b14-12+. The summed E-state index contributed by atoms with van der Waals surface area (Å²) in [6.07, 6.45) is 4.31. The highest BCUT2D eigenvalue weighted by atomic mass is 32.1. The maximum atomic E-state index is 12.2. The van der Waals surface area contributed by atoms with E-state index in [-0.39, 0.29) is 23.9 Å². The van der Waals surface area contributed by atoms with Crippen molar-refractivity contribution in [3.05, 3.63) is 73.0 Å². The van der Waals surface area contributed by atoms with Crippen LogP contribution in [-0.4, -0.2) is 26.7 Å². The van der Waals surface area contributed by atoms with Crippen molar-refractivity contribution >= 4 is 64.4 Å². The second kappa shape index (κ2) is 9.25. The van der Waals surface area contributed by atoms with Crippen LogP contribution in [0.3, 0.4) is 0 Å². The minimum absolute atomic E-state index is 0.0385. The molecule has 1 aliphatic heterocycles.